The fourth-order valence-corrected chi connectivity index (χ4v) is 3.25. The molecule has 0 amide bonds. The molecular weight excluding hydrogens is 346 g/mol. The third-order valence-corrected chi connectivity index (χ3v) is 4.61. The van der Waals surface area contributed by atoms with Crippen molar-refractivity contribution in [2.75, 3.05) is 84.6 Å². The molecule has 0 unspecified atom stereocenters. The van der Waals surface area contributed by atoms with Gasteiger partial charge in [-0.3, -0.25) is 0 Å². The number of benzene rings is 1. The molecule has 0 N–H and O–H groups in total. The first-order chi connectivity index (χ1) is 13.1. The molecule has 1 aliphatic rings. The smallest absolute Gasteiger partial charge is 0.0701 e. The quantitative estimate of drug-likeness (QED) is 0.435. The maximum atomic E-state index is 5.72. The third-order valence-electron chi connectivity index (χ3n) is 4.61. The fourth-order valence-electron chi connectivity index (χ4n) is 3.25. The Balaban J connectivity index is 1.43. The van der Waals surface area contributed by atoms with Crippen molar-refractivity contribution in [3.63, 3.8) is 0 Å². The van der Waals surface area contributed by atoms with Crippen molar-refractivity contribution in [1.29, 1.82) is 0 Å². The lowest BCUT2D eigenvalue weighted by atomic mass is 9.87. The van der Waals surface area contributed by atoms with Crippen LogP contribution >= 0.6 is 0 Å². The van der Waals surface area contributed by atoms with Gasteiger partial charge in [0, 0.05) is 31.3 Å². The molecule has 0 fully saturated rings. The lowest BCUT2D eigenvalue weighted by Gasteiger charge is -2.22. The molecule has 1 aromatic carbocycles. The molecule has 27 heavy (non-hydrogen) atoms. The molecule has 0 radical (unpaired) electrons. The zero-order valence-electron chi connectivity index (χ0n) is 17.1. The number of ether oxygens (including phenoxy) is 5. The van der Waals surface area contributed by atoms with Crippen molar-refractivity contribution in [1.82, 2.24) is 0 Å². The highest BCUT2D eigenvalue weighted by Crippen LogP contribution is 2.39. The molecule has 0 bridgehead atoms. The van der Waals surface area contributed by atoms with E-state index in [9.17, 15) is 0 Å². The van der Waals surface area contributed by atoms with Crippen LogP contribution < -0.4 is 4.90 Å². The fraction of sp³-hybridized carbons (Fsp3) is 0.714. The van der Waals surface area contributed by atoms with Crippen LogP contribution in [0.25, 0.3) is 0 Å². The number of methoxy groups -OCH3 is 1. The molecule has 1 aliphatic heterocycles. The van der Waals surface area contributed by atoms with E-state index in [4.69, 9.17) is 23.7 Å². The van der Waals surface area contributed by atoms with Gasteiger partial charge in [-0.15, -0.1) is 0 Å². The van der Waals surface area contributed by atoms with E-state index in [1.807, 2.05) is 0 Å². The van der Waals surface area contributed by atoms with Gasteiger partial charge >= 0.3 is 0 Å². The summed E-state index contributed by atoms with van der Waals surface area (Å²) in [7, 11) is 1.66. The molecule has 0 atom stereocenters. The van der Waals surface area contributed by atoms with Crippen LogP contribution in [-0.2, 0) is 29.1 Å². The summed E-state index contributed by atoms with van der Waals surface area (Å²) in [6, 6.07) is 8.67. The maximum absolute atomic E-state index is 5.72. The van der Waals surface area contributed by atoms with Gasteiger partial charge in [-0.05, 0) is 11.6 Å². The van der Waals surface area contributed by atoms with E-state index in [-0.39, 0.29) is 5.41 Å². The Morgan fingerprint density at radius 1 is 0.778 bits per heavy atom. The molecule has 0 aliphatic carbocycles. The lowest BCUT2D eigenvalue weighted by molar-refractivity contribution is -0.00723. The minimum Gasteiger partial charge on any atom is -0.382 e. The monoisotopic (exact) mass is 381 g/mol. The van der Waals surface area contributed by atoms with E-state index in [2.05, 4.69) is 43.0 Å². The van der Waals surface area contributed by atoms with Crippen LogP contribution in [0.15, 0.2) is 24.3 Å². The van der Waals surface area contributed by atoms with Crippen LogP contribution in [0.4, 0.5) is 5.69 Å². The van der Waals surface area contributed by atoms with Crippen LogP contribution in [0.2, 0.25) is 0 Å². The van der Waals surface area contributed by atoms with Gasteiger partial charge in [0.2, 0.25) is 0 Å². The number of fused-ring (bicyclic) bond motifs is 1. The Bertz CT molecular complexity index is 523. The summed E-state index contributed by atoms with van der Waals surface area (Å²) in [6.07, 6.45) is 0. The summed E-state index contributed by atoms with van der Waals surface area (Å²) >= 11 is 0. The maximum Gasteiger partial charge on any atom is 0.0701 e. The van der Waals surface area contributed by atoms with Crippen molar-refractivity contribution < 1.29 is 23.7 Å². The summed E-state index contributed by atoms with van der Waals surface area (Å²) in [5, 5.41) is 0. The Morgan fingerprint density at radius 3 is 1.89 bits per heavy atom. The first-order valence-corrected chi connectivity index (χ1v) is 9.79. The van der Waals surface area contributed by atoms with E-state index < -0.39 is 0 Å². The highest BCUT2D eigenvalue weighted by Gasteiger charge is 2.34. The second-order valence-electron chi connectivity index (χ2n) is 7.26. The molecule has 1 aromatic rings. The normalized spacial score (nSPS) is 15.3. The van der Waals surface area contributed by atoms with Crippen LogP contribution in [0.1, 0.15) is 19.4 Å². The number of anilines is 1. The summed E-state index contributed by atoms with van der Waals surface area (Å²) in [5.41, 5.74) is 2.97. The highest BCUT2D eigenvalue weighted by atomic mass is 16.6. The first kappa shape index (κ1) is 22.1. The highest BCUT2D eigenvalue weighted by molar-refractivity contribution is 5.62. The molecule has 2 rings (SSSR count). The predicted octanol–water partition coefficient (Wildman–Crippen LogP) is 2.50. The Kier molecular flexibility index (Phi) is 10.1. The van der Waals surface area contributed by atoms with Crippen molar-refractivity contribution >= 4 is 5.69 Å². The Hall–Kier alpha value is -1.18. The Morgan fingerprint density at radius 2 is 1.30 bits per heavy atom. The largest absolute Gasteiger partial charge is 0.382 e. The molecule has 1 heterocycles. The average Bonchev–Trinajstić information content (AvgIpc) is 2.93. The van der Waals surface area contributed by atoms with Gasteiger partial charge < -0.3 is 28.6 Å². The molecule has 0 saturated carbocycles. The molecule has 6 heteroatoms. The summed E-state index contributed by atoms with van der Waals surface area (Å²) in [5.74, 6) is 0. The topological polar surface area (TPSA) is 49.4 Å². The van der Waals surface area contributed by atoms with Gasteiger partial charge in [-0.2, -0.15) is 0 Å². The zero-order chi connectivity index (χ0) is 19.4. The minimum absolute atomic E-state index is 0.203. The van der Waals surface area contributed by atoms with E-state index in [1.165, 1.54) is 11.3 Å². The van der Waals surface area contributed by atoms with E-state index >= 15 is 0 Å². The van der Waals surface area contributed by atoms with E-state index in [1.54, 1.807) is 7.11 Å². The van der Waals surface area contributed by atoms with Gasteiger partial charge in [-0.25, -0.2) is 0 Å². The third kappa shape index (κ3) is 7.76. The van der Waals surface area contributed by atoms with Crippen LogP contribution in [0.5, 0.6) is 0 Å². The van der Waals surface area contributed by atoms with E-state index in [0.29, 0.717) is 59.5 Å². The number of para-hydroxylation sites is 1. The molecule has 6 nitrogen and oxygen atoms in total. The zero-order valence-corrected chi connectivity index (χ0v) is 17.1. The molecule has 154 valence electrons. The van der Waals surface area contributed by atoms with Gasteiger partial charge in [0.25, 0.3) is 0 Å². The van der Waals surface area contributed by atoms with Crippen molar-refractivity contribution in [2.45, 2.75) is 19.3 Å². The van der Waals surface area contributed by atoms with Crippen molar-refractivity contribution in [3.05, 3.63) is 29.8 Å². The van der Waals surface area contributed by atoms with Gasteiger partial charge in [0.15, 0.2) is 0 Å². The molecule has 0 saturated heterocycles. The molecular formula is C21H35NO5. The molecule has 0 aromatic heterocycles. The first-order valence-electron chi connectivity index (χ1n) is 9.79. The van der Waals surface area contributed by atoms with E-state index in [0.717, 1.165) is 13.1 Å². The number of hydrogen-bond acceptors (Lipinski definition) is 6. The predicted molar refractivity (Wildman–Crippen MR) is 107 cm³/mol. The van der Waals surface area contributed by atoms with Crippen molar-refractivity contribution in [3.8, 4) is 0 Å². The molecule has 0 spiro atoms. The second-order valence-corrected chi connectivity index (χ2v) is 7.26. The van der Waals surface area contributed by atoms with Crippen LogP contribution in [0, 0.1) is 0 Å². The minimum atomic E-state index is 0.203. The van der Waals surface area contributed by atoms with Crippen molar-refractivity contribution in [2.24, 2.45) is 0 Å². The second kappa shape index (κ2) is 12.3. The van der Waals surface area contributed by atoms with Crippen LogP contribution in [0.3, 0.4) is 0 Å². The van der Waals surface area contributed by atoms with Gasteiger partial charge in [0.05, 0.1) is 59.5 Å². The summed E-state index contributed by atoms with van der Waals surface area (Å²) in [6.45, 7) is 12.0. The number of hydrogen-bond donors (Lipinski definition) is 0. The number of nitrogens with zero attached hydrogens (tertiary/aromatic N) is 1. The Labute approximate surface area is 163 Å². The number of rotatable bonds is 15. The van der Waals surface area contributed by atoms with Gasteiger partial charge in [0.1, 0.15) is 0 Å². The average molecular weight is 382 g/mol. The lowest BCUT2D eigenvalue weighted by Crippen LogP contribution is -2.31. The van der Waals surface area contributed by atoms with Gasteiger partial charge in [-0.1, -0.05) is 32.0 Å². The summed E-state index contributed by atoms with van der Waals surface area (Å²) in [4.78, 5) is 2.42. The van der Waals surface area contributed by atoms with Crippen LogP contribution in [-0.4, -0.2) is 79.7 Å². The standard InChI is InChI=1S/C21H35NO5/c1-21(2)18-22(20-7-5-4-6-19(20)21)8-9-24-12-13-26-16-17-27-15-14-25-11-10-23-3/h4-7H,8-18H2,1-3H3. The SMILES string of the molecule is COCCOCCOCCOCCOCCN1CC(C)(C)c2ccccc21. The summed E-state index contributed by atoms with van der Waals surface area (Å²) < 4.78 is 26.9.